The van der Waals surface area contributed by atoms with Gasteiger partial charge in [-0.15, -0.1) is 0 Å². The van der Waals surface area contributed by atoms with E-state index in [1.807, 2.05) is 18.2 Å². The van der Waals surface area contributed by atoms with Crippen molar-refractivity contribution in [2.24, 2.45) is 0 Å². The minimum atomic E-state index is -0.381. The smallest absolute Gasteiger partial charge is 0.124 e. The third-order valence-corrected chi connectivity index (χ3v) is 3.33. The van der Waals surface area contributed by atoms with Crippen molar-refractivity contribution in [1.29, 1.82) is 5.26 Å². The van der Waals surface area contributed by atoms with Gasteiger partial charge in [-0.1, -0.05) is 32.9 Å². The highest BCUT2D eigenvalue weighted by molar-refractivity contribution is 5.46. The Hall–Kier alpha value is -2.34. The minimum Gasteiger partial charge on any atom is -0.381 e. The Kier molecular flexibility index (Phi) is 4.28. The highest BCUT2D eigenvalue weighted by Gasteiger charge is 2.12. The van der Waals surface area contributed by atoms with Crippen LogP contribution in [-0.4, -0.2) is 0 Å². The Balaban J connectivity index is 2.07. The fraction of sp³-hybridized carbons (Fsp3) is 0.278. The van der Waals surface area contributed by atoms with E-state index in [0.29, 0.717) is 12.1 Å². The first-order valence-electron chi connectivity index (χ1n) is 6.92. The lowest BCUT2D eigenvalue weighted by Gasteiger charge is -2.19. The lowest BCUT2D eigenvalue weighted by molar-refractivity contribution is 0.590. The highest BCUT2D eigenvalue weighted by atomic mass is 19.1. The largest absolute Gasteiger partial charge is 0.381 e. The molecule has 21 heavy (non-hydrogen) atoms. The molecular weight excluding hydrogens is 263 g/mol. The summed E-state index contributed by atoms with van der Waals surface area (Å²) in [5.74, 6) is -0.381. The third kappa shape index (κ3) is 4.06. The van der Waals surface area contributed by atoms with E-state index in [1.165, 1.54) is 17.7 Å². The standard InChI is InChI=1S/C18H19FN2/c1-18(2,3)15-4-6-17(7-5-15)21-12-14-8-13(11-20)9-16(19)10-14/h4-10,21H,12H2,1-3H3. The third-order valence-electron chi connectivity index (χ3n) is 3.33. The minimum absolute atomic E-state index is 0.128. The molecule has 0 fully saturated rings. The second kappa shape index (κ2) is 5.97. The van der Waals surface area contributed by atoms with Crippen LogP contribution in [0.2, 0.25) is 0 Å². The Morgan fingerprint density at radius 1 is 1.10 bits per heavy atom. The number of anilines is 1. The predicted octanol–water partition coefficient (Wildman–Crippen LogP) is 4.61. The molecule has 1 N–H and O–H groups in total. The molecule has 0 aliphatic carbocycles. The van der Waals surface area contributed by atoms with Crippen molar-refractivity contribution in [3.05, 3.63) is 65.0 Å². The molecule has 2 aromatic carbocycles. The summed E-state index contributed by atoms with van der Waals surface area (Å²) in [6.07, 6.45) is 0. The Morgan fingerprint density at radius 2 is 1.76 bits per heavy atom. The van der Waals surface area contributed by atoms with Gasteiger partial charge in [-0.3, -0.25) is 0 Å². The number of nitrogens with one attached hydrogen (secondary N) is 1. The Morgan fingerprint density at radius 3 is 2.33 bits per heavy atom. The molecule has 0 heterocycles. The molecule has 0 bridgehead atoms. The van der Waals surface area contributed by atoms with Gasteiger partial charge in [0.1, 0.15) is 5.82 Å². The summed E-state index contributed by atoms with van der Waals surface area (Å²) < 4.78 is 13.3. The zero-order chi connectivity index (χ0) is 15.5. The lowest BCUT2D eigenvalue weighted by atomic mass is 9.87. The fourth-order valence-electron chi connectivity index (χ4n) is 2.11. The second-order valence-electron chi connectivity index (χ2n) is 6.14. The molecule has 0 spiro atoms. The number of halogens is 1. The molecule has 0 saturated heterocycles. The molecule has 0 unspecified atom stereocenters. The Labute approximate surface area is 125 Å². The number of benzene rings is 2. The van der Waals surface area contributed by atoms with Crippen LogP contribution in [0, 0.1) is 17.1 Å². The monoisotopic (exact) mass is 282 g/mol. The van der Waals surface area contributed by atoms with Gasteiger partial charge in [-0.2, -0.15) is 5.26 Å². The number of nitrogens with zero attached hydrogens (tertiary/aromatic N) is 1. The average molecular weight is 282 g/mol. The van der Waals surface area contributed by atoms with Crippen LogP contribution in [0.5, 0.6) is 0 Å². The maximum atomic E-state index is 13.3. The zero-order valence-electron chi connectivity index (χ0n) is 12.6. The van der Waals surface area contributed by atoms with Crippen LogP contribution >= 0.6 is 0 Å². The number of hydrogen-bond donors (Lipinski definition) is 1. The van der Waals surface area contributed by atoms with E-state index in [-0.39, 0.29) is 11.2 Å². The molecule has 0 aliphatic heterocycles. The van der Waals surface area contributed by atoms with E-state index in [1.54, 1.807) is 6.07 Å². The van der Waals surface area contributed by atoms with E-state index in [2.05, 4.69) is 38.2 Å². The van der Waals surface area contributed by atoms with Gasteiger partial charge in [0.15, 0.2) is 0 Å². The van der Waals surface area contributed by atoms with Crippen LogP contribution in [0.15, 0.2) is 42.5 Å². The first kappa shape index (κ1) is 15.1. The summed E-state index contributed by atoms with van der Waals surface area (Å²) in [6.45, 7) is 7.00. The molecule has 0 radical (unpaired) electrons. The topological polar surface area (TPSA) is 35.8 Å². The molecule has 0 saturated carbocycles. The maximum Gasteiger partial charge on any atom is 0.124 e. The second-order valence-corrected chi connectivity index (χ2v) is 6.14. The van der Waals surface area contributed by atoms with Crippen LogP contribution < -0.4 is 5.32 Å². The van der Waals surface area contributed by atoms with Crippen LogP contribution in [-0.2, 0) is 12.0 Å². The van der Waals surface area contributed by atoms with Crippen molar-refractivity contribution in [3.63, 3.8) is 0 Å². The molecular formula is C18H19FN2. The quantitative estimate of drug-likeness (QED) is 0.892. The number of hydrogen-bond acceptors (Lipinski definition) is 2. The lowest BCUT2D eigenvalue weighted by Crippen LogP contribution is -2.10. The molecule has 0 aromatic heterocycles. The van der Waals surface area contributed by atoms with Gasteiger partial charge in [0.25, 0.3) is 0 Å². The van der Waals surface area contributed by atoms with E-state index in [4.69, 9.17) is 5.26 Å². The molecule has 3 heteroatoms. The van der Waals surface area contributed by atoms with Crippen LogP contribution in [0.1, 0.15) is 37.5 Å². The maximum absolute atomic E-state index is 13.3. The van der Waals surface area contributed by atoms with Crippen LogP contribution in [0.3, 0.4) is 0 Å². The SMILES string of the molecule is CC(C)(C)c1ccc(NCc2cc(F)cc(C#N)c2)cc1. The summed E-state index contributed by atoms with van der Waals surface area (Å²) in [5, 5.41) is 12.1. The number of rotatable bonds is 3. The summed E-state index contributed by atoms with van der Waals surface area (Å²) in [6, 6.07) is 14.6. The van der Waals surface area contributed by atoms with E-state index in [9.17, 15) is 4.39 Å². The van der Waals surface area contributed by atoms with Crippen molar-refractivity contribution in [3.8, 4) is 6.07 Å². The van der Waals surface area contributed by atoms with Gasteiger partial charge in [0, 0.05) is 12.2 Å². The number of nitriles is 1. The van der Waals surface area contributed by atoms with Crippen molar-refractivity contribution in [2.45, 2.75) is 32.7 Å². The van der Waals surface area contributed by atoms with Crippen molar-refractivity contribution in [2.75, 3.05) is 5.32 Å². The summed E-state index contributed by atoms with van der Waals surface area (Å²) >= 11 is 0. The molecule has 0 amide bonds. The molecule has 0 aliphatic rings. The first-order chi connectivity index (χ1) is 9.88. The summed E-state index contributed by atoms with van der Waals surface area (Å²) in [7, 11) is 0. The molecule has 0 atom stereocenters. The van der Waals surface area contributed by atoms with Gasteiger partial charge < -0.3 is 5.32 Å². The van der Waals surface area contributed by atoms with Gasteiger partial charge in [0.2, 0.25) is 0 Å². The van der Waals surface area contributed by atoms with Gasteiger partial charge in [-0.25, -0.2) is 4.39 Å². The van der Waals surface area contributed by atoms with Crippen molar-refractivity contribution < 1.29 is 4.39 Å². The average Bonchev–Trinajstić information content (AvgIpc) is 2.44. The molecule has 2 rings (SSSR count). The Bertz CT molecular complexity index is 661. The van der Waals surface area contributed by atoms with Crippen molar-refractivity contribution in [1.82, 2.24) is 0 Å². The van der Waals surface area contributed by atoms with Gasteiger partial charge in [-0.05, 0) is 46.9 Å². The first-order valence-corrected chi connectivity index (χ1v) is 6.92. The normalized spacial score (nSPS) is 11.0. The van der Waals surface area contributed by atoms with E-state index < -0.39 is 0 Å². The van der Waals surface area contributed by atoms with Gasteiger partial charge >= 0.3 is 0 Å². The fourth-order valence-corrected chi connectivity index (χ4v) is 2.11. The molecule has 2 nitrogen and oxygen atoms in total. The predicted molar refractivity (Wildman–Crippen MR) is 83.6 cm³/mol. The molecule has 108 valence electrons. The summed E-state index contributed by atoms with van der Waals surface area (Å²) in [4.78, 5) is 0. The van der Waals surface area contributed by atoms with E-state index >= 15 is 0 Å². The van der Waals surface area contributed by atoms with Gasteiger partial charge in [0.05, 0.1) is 11.6 Å². The highest BCUT2D eigenvalue weighted by Crippen LogP contribution is 2.23. The van der Waals surface area contributed by atoms with Crippen molar-refractivity contribution >= 4 is 5.69 Å². The molecule has 2 aromatic rings. The van der Waals surface area contributed by atoms with Crippen LogP contribution in [0.4, 0.5) is 10.1 Å². The zero-order valence-corrected chi connectivity index (χ0v) is 12.6. The van der Waals surface area contributed by atoms with Crippen LogP contribution in [0.25, 0.3) is 0 Å². The summed E-state index contributed by atoms with van der Waals surface area (Å²) in [5.41, 5.74) is 3.47. The van der Waals surface area contributed by atoms with E-state index in [0.717, 1.165) is 11.3 Å².